The molecule has 0 saturated carbocycles. The van der Waals surface area contributed by atoms with Crippen molar-refractivity contribution in [3.63, 3.8) is 0 Å². The molecule has 0 radical (unpaired) electrons. The first-order chi connectivity index (χ1) is 25.9. The second kappa shape index (κ2) is 34.8. The van der Waals surface area contributed by atoms with Gasteiger partial charge in [0.05, 0.1) is 46.0 Å². The Kier molecular flexibility index (Phi) is 33.1. The summed E-state index contributed by atoms with van der Waals surface area (Å²) in [5.74, 6) is -0.289. The summed E-state index contributed by atoms with van der Waals surface area (Å²) < 4.78 is 23.4. The van der Waals surface area contributed by atoms with E-state index in [9.17, 15) is 24.5 Å². The van der Waals surface area contributed by atoms with Crippen LogP contribution in [0, 0.1) is 0 Å². The molecule has 54 heavy (non-hydrogen) atoms. The number of likely N-dealkylation sites (N-methyl/N-ethyl adjacent to an activating group) is 1. The third-order valence-electron chi connectivity index (χ3n) is 8.13. The molecule has 0 aromatic rings. The van der Waals surface area contributed by atoms with Crippen molar-refractivity contribution in [1.29, 1.82) is 0 Å². The average molecular weight is 776 g/mol. The van der Waals surface area contributed by atoms with Crippen molar-refractivity contribution in [2.24, 2.45) is 0 Å². The Morgan fingerprint density at radius 1 is 0.704 bits per heavy atom. The van der Waals surface area contributed by atoms with E-state index in [1.54, 1.807) is 12.2 Å². The number of nitrogens with one attached hydrogen (secondary N) is 1. The molecule has 308 valence electrons. The predicted octanol–water partition coefficient (Wildman–Crippen LogP) is 9.76. The lowest BCUT2D eigenvalue weighted by Gasteiger charge is -2.25. The number of amides is 1. The Balaban J connectivity index is 4.72. The molecular weight excluding hydrogens is 699 g/mol. The second-order valence-corrected chi connectivity index (χ2v) is 15.9. The SMILES string of the molecule is CC/C=C\CC(O)/C=C/C=C/C/C=C\C/C=C\C/C=C\CCC(=O)N[C@@H](COP(=O)(O)OCC[N+](C)(C)C)[C@H](O)/C=C/CC/C=C\CCCCCCCC. The minimum Gasteiger partial charge on any atom is -0.389 e. The van der Waals surface area contributed by atoms with Crippen LogP contribution in [0.25, 0.3) is 0 Å². The number of allylic oxidation sites excluding steroid dienone is 13. The molecule has 0 aliphatic heterocycles. The molecule has 10 heteroatoms. The Hall–Kier alpha value is -2.62. The zero-order chi connectivity index (χ0) is 40.2. The zero-order valence-corrected chi connectivity index (χ0v) is 35.2. The molecule has 1 amide bonds. The molecule has 0 rings (SSSR count). The van der Waals surface area contributed by atoms with Crippen LogP contribution in [0.1, 0.15) is 117 Å². The highest BCUT2D eigenvalue weighted by molar-refractivity contribution is 7.47. The predicted molar refractivity (Wildman–Crippen MR) is 227 cm³/mol. The lowest BCUT2D eigenvalue weighted by atomic mass is 10.1. The average Bonchev–Trinajstić information content (AvgIpc) is 3.11. The van der Waals surface area contributed by atoms with E-state index in [0.717, 1.165) is 44.9 Å². The molecule has 0 aliphatic carbocycles. The van der Waals surface area contributed by atoms with Crippen LogP contribution in [0.3, 0.4) is 0 Å². The van der Waals surface area contributed by atoms with Crippen molar-refractivity contribution in [2.45, 2.75) is 135 Å². The Labute approximate surface area is 329 Å². The fourth-order valence-electron chi connectivity index (χ4n) is 4.87. The number of hydrogen-bond donors (Lipinski definition) is 4. The van der Waals surface area contributed by atoms with Gasteiger partial charge >= 0.3 is 7.82 Å². The molecule has 0 bridgehead atoms. The number of aliphatic hydroxyl groups excluding tert-OH is 2. The normalized spacial score (nSPS) is 16.1. The van der Waals surface area contributed by atoms with Crippen molar-refractivity contribution < 1.29 is 38.0 Å². The second-order valence-electron chi connectivity index (χ2n) is 14.5. The molecule has 0 heterocycles. The van der Waals surface area contributed by atoms with Crippen LogP contribution >= 0.6 is 7.82 Å². The van der Waals surface area contributed by atoms with E-state index in [1.807, 2.05) is 63.7 Å². The third kappa shape index (κ3) is 36.4. The fraction of sp³-hybridized carbons (Fsp3) is 0.614. The Morgan fingerprint density at radius 3 is 2.00 bits per heavy atom. The summed E-state index contributed by atoms with van der Waals surface area (Å²) in [6, 6.07) is -0.919. The highest BCUT2D eigenvalue weighted by atomic mass is 31.2. The topological polar surface area (TPSA) is 125 Å². The van der Waals surface area contributed by atoms with Gasteiger partial charge in [-0.25, -0.2) is 4.57 Å². The quantitative estimate of drug-likeness (QED) is 0.0169. The monoisotopic (exact) mass is 776 g/mol. The van der Waals surface area contributed by atoms with Gasteiger partial charge in [0.1, 0.15) is 13.2 Å². The summed E-state index contributed by atoms with van der Waals surface area (Å²) in [7, 11) is 1.46. The van der Waals surface area contributed by atoms with Crippen molar-refractivity contribution >= 4 is 13.7 Å². The molecule has 9 nitrogen and oxygen atoms in total. The number of rotatable bonds is 34. The van der Waals surface area contributed by atoms with Crippen LogP contribution in [-0.4, -0.2) is 84.6 Å². The number of aliphatic hydroxyl groups is 2. The highest BCUT2D eigenvalue weighted by Gasteiger charge is 2.27. The molecule has 0 saturated heterocycles. The molecule has 0 aliphatic rings. The zero-order valence-electron chi connectivity index (χ0n) is 34.3. The van der Waals surface area contributed by atoms with Crippen molar-refractivity contribution in [2.75, 3.05) is 40.9 Å². The van der Waals surface area contributed by atoms with E-state index in [-0.39, 0.29) is 25.5 Å². The van der Waals surface area contributed by atoms with Gasteiger partial charge in [0.25, 0.3) is 0 Å². The summed E-state index contributed by atoms with van der Waals surface area (Å²) in [4.78, 5) is 23.0. The van der Waals surface area contributed by atoms with Crippen molar-refractivity contribution in [1.82, 2.24) is 5.32 Å². The molecule has 4 N–H and O–H groups in total. The lowest BCUT2D eigenvalue weighted by molar-refractivity contribution is -0.870. The number of phosphoric acid groups is 1. The molecule has 0 aromatic carbocycles. The van der Waals surface area contributed by atoms with Crippen LogP contribution in [0.4, 0.5) is 0 Å². The number of nitrogens with zero attached hydrogens (tertiary/aromatic N) is 1. The maximum absolute atomic E-state index is 12.8. The van der Waals surface area contributed by atoms with E-state index in [2.05, 4.69) is 61.7 Å². The van der Waals surface area contributed by atoms with E-state index in [0.29, 0.717) is 23.9 Å². The highest BCUT2D eigenvalue weighted by Crippen LogP contribution is 2.43. The van der Waals surface area contributed by atoms with Crippen LogP contribution in [0.15, 0.2) is 97.2 Å². The summed E-state index contributed by atoms with van der Waals surface area (Å²) >= 11 is 0. The van der Waals surface area contributed by atoms with Crippen LogP contribution in [0.2, 0.25) is 0 Å². The summed E-state index contributed by atoms with van der Waals surface area (Å²) in [6.07, 6.45) is 45.4. The van der Waals surface area contributed by atoms with Gasteiger partial charge in [0, 0.05) is 6.42 Å². The molecule has 2 unspecified atom stereocenters. The third-order valence-corrected chi connectivity index (χ3v) is 9.12. The van der Waals surface area contributed by atoms with E-state index in [4.69, 9.17) is 9.05 Å². The minimum atomic E-state index is -4.38. The smallest absolute Gasteiger partial charge is 0.389 e. The number of quaternary nitrogens is 1. The van der Waals surface area contributed by atoms with Gasteiger partial charge in [-0.2, -0.15) is 0 Å². The first kappa shape index (κ1) is 51.4. The Morgan fingerprint density at radius 2 is 1.31 bits per heavy atom. The maximum Gasteiger partial charge on any atom is 0.472 e. The minimum absolute atomic E-state index is 0.0297. The maximum atomic E-state index is 12.8. The van der Waals surface area contributed by atoms with Gasteiger partial charge in [-0.05, 0) is 64.2 Å². The van der Waals surface area contributed by atoms with Gasteiger partial charge < -0.3 is 24.9 Å². The molecule has 0 aromatic heterocycles. The first-order valence-corrected chi connectivity index (χ1v) is 21.7. The summed E-state index contributed by atoms with van der Waals surface area (Å²) in [5.41, 5.74) is 0. The van der Waals surface area contributed by atoms with Crippen LogP contribution in [0.5, 0.6) is 0 Å². The molecule has 4 atom stereocenters. The standard InChI is InChI=1S/C44H75N2O7P/c1-6-8-10-11-12-13-14-19-22-25-28-32-36-43(48)42(40-53-54(50,51)52-39-38-46(3,4)5)45-44(49)37-33-29-26-23-20-17-15-16-18-21-24-27-31-35-41(47)34-30-9-7-2/h9,16-20,22,24,26-27,29-32,35-36,41-43,47-48H,6-8,10-15,21,23,25,28,33-34,37-40H2,1-5H3,(H-,45,49,50,51)/p+1/b18-16-,20-17-,22-19-,27-24+,29-26-,30-9-,35-31+,36-32+/t41?,42-,43+/m0/s1. The number of carbonyl (C=O) groups is 1. The summed E-state index contributed by atoms with van der Waals surface area (Å²) in [5, 5.41) is 23.5. The Bertz CT molecular complexity index is 1210. The van der Waals surface area contributed by atoms with E-state index < -0.39 is 26.1 Å². The lowest BCUT2D eigenvalue weighted by Crippen LogP contribution is -2.45. The van der Waals surface area contributed by atoms with Gasteiger partial charge in [-0.15, -0.1) is 0 Å². The van der Waals surface area contributed by atoms with Crippen molar-refractivity contribution in [3.05, 3.63) is 97.2 Å². The number of phosphoric ester groups is 1. The van der Waals surface area contributed by atoms with Gasteiger partial charge in [-0.3, -0.25) is 13.8 Å². The van der Waals surface area contributed by atoms with E-state index in [1.165, 1.54) is 38.5 Å². The van der Waals surface area contributed by atoms with Crippen LogP contribution in [-0.2, 0) is 18.4 Å². The van der Waals surface area contributed by atoms with Gasteiger partial charge in [0.15, 0.2) is 0 Å². The van der Waals surface area contributed by atoms with Crippen LogP contribution < -0.4 is 5.32 Å². The molecule has 0 fully saturated rings. The first-order valence-electron chi connectivity index (χ1n) is 20.2. The van der Waals surface area contributed by atoms with E-state index >= 15 is 0 Å². The van der Waals surface area contributed by atoms with Crippen molar-refractivity contribution in [3.8, 4) is 0 Å². The number of unbranched alkanes of at least 4 members (excludes halogenated alkanes) is 7. The number of hydrogen-bond acceptors (Lipinski definition) is 6. The number of carbonyl (C=O) groups excluding carboxylic acids is 1. The largest absolute Gasteiger partial charge is 0.472 e. The summed E-state index contributed by atoms with van der Waals surface area (Å²) in [6.45, 7) is 4.46. The fourth-order valence-corrected chi connectivity index (χ4v) is 5.60. The van der Waals surface area contributed by atoms with Gasteiger partial charge in [-0.1, -0.05) is 143 Å². The molecule has 0 spiro atoms. The van der Waals surface area contributed by atoms with Gasteiger partial charge in [0.2, 0.25) is 5.91 Å². The molecular formula is C44H76N2O7P+.